The summed E-state index contributed by atoms with van der Waals surface area (Å²) in [5.41, 5.74) is 1.02. The highest BCUT2D eigenvalue weighted by Gasteiger charge is 2.18. The molecule has 1 saturated heterocycles. The first-order valence-electron chi connectivity index (χ1n) is 6.67. The lowest BCUT2D eigenvalue weighted by Crippen LogP contribution is -2.10. The Kier molecular flexibility index (Phi) is 4.24. The third-order valence-electron chi connectivity index (χ3n) is 3.48. The fraction of sp³-hybridized carbons (Fsp3) is 0.429. The normalized spacial score (nSPS) is 18.6. The molecule has 106 valence electrons. The molecule has 0 amide bonds. The Morgan fingerprint density at radius 1 is 1.30 bits per heavy atom. The third-order valence-corrected chi connectivity index (χ3v) is 4.22. The molecule has 0 aliphatic carbocycles. The Labute approximate surface area is 127 Å². The summed E-state index contributed by atoms with van der Waals surface area (Å²) in [5.74, 6) is 2.01. The molecule has 1 aromatic heterocycles. The van der Waals surface area contributed by atoms with Crippen LogP contribution in [0.5, 0.6) is 0 Å². The topological polar surface area (TPSA) is 51.0 Å². The Morgan fingerprint density at radius 3 is 2.95 bits per heavy atom. The lowest BCUT2D eigenvalue weighted by molar-refractivity contribution is 0.354. The van der Waals surface area contributed by atoms with Gasteiger partial charge in [0.2, 0.25) is 5.89 Å². The van der Waals surface area contributed by atoms with Crippen molar-refractivity contribution in [3.8, 4) is 0 Å². The first-order chi connectivity index (χ1) is 9.70. The predicted octanol–water partition coefficient (Wildman–Crippen LogP) is 3.12. The van der Waals surface area contributed by atoms with Crippen molar-refractivity contribution < 1.29 is 4.52 Å². The second-order valence-corrected chi connectivity index (χ2v) is 5.91. The first kappa shape index (κ1) is 13.9. The fourth-order valence-electron chi connectivity index (χ4n) is 2.41. The van der Waals surface area contributed by atoms with Gasteiger partial charge in [-0.1, -0.05) is 34.4 Å². The van der Waals surface area contributed by atoms with Crippen LogP contribution in [0.1, 0.15) is 23.7 Å². The number of rotatable bonds is 4. The van der Waals surface area contributed by atoms with Crippen LogP contribution in [0.15, 0.2) is 22.7 Å². The summed E-state index contributed by atoms with van der Waals surface area (Å²) in [5, 5.41) is 8.46. The number of nitrogens with zero attached hydrogens (tertiary/aromatic N) is 2. The molecule has 2 heterocycles. The zero-order chi connectivity index (χ0) is 13.9. The summed E-state index contributed by atoms with van der Waals surface area (Å²) in [7, 11) is 0. The van der Waals surface area contributed by atoms with Crippen LogP contribution >= 0.6 is 23.2 Å². The Balaban J connectivity index is 1.65. The summed E-state index contributed by atoms with van der Waals surface area (Å²) < 4.78 is 5.30. The second-order valence-electron chi connectivity index (χ2n) is 5.09. The minimum Gasteiger partial charge on any atom is -0.339 e. The molecule has 1 aliphatic heterocycles. The van der Waals surface area contributed by atoms with Gasteiger partial charge in [-0.05, 0) is 43.1 Å². The number of hydrogen-bond acceptors (Lipinski definition) is 4. The first-order valence-corrected chi connectivity index (χ1v) is 7.42. The molecule has 4 nitrogen and oxygen atoms in total. The summed E-state index contributed by atoms with van der Waals surface area (Å²) in [4.78, 5) is 4.44. The van der Waals surface area contributed by atoms with E-state index < -0.39 is 0 Å². The molecule has 1 aromatic carbocycles. The summed E-state index contributed by atoms with van der Waals surface area (Å²) in [6, 6.07) is 5.54. The van der Waals surface area contributed by atoms with E-state index in [1.54, 1.807) is 6.07 Å². The van der Waals surface area contributed by atoms with E-state index in [0.29, 0.717) is 34.1 Å². The van der Waals surface area contributed by atoms with Crippen LogP contribution in [0, 0.1) is 5.92 Å². The molecular weight excluding hydrogens is 297 g/mol. The molecule has 0 radical (unpaired) electrons. The molecule has 3 rings (SSSR count). The van der Waals surface area contributed by atoms with Crippen LogP contribution < -0.4 is 5.32 Å². The van der Waals surface area contributed by atoms with Gasteiger partial charge in [0.15, 0.2) is 5.82 Å². The third kappa shape index (κ3) is 3.32. The highest BCUT2D eigenvalue weighted by Crippen LogP contribution is 2.23. The van der Waals surface area contributed by atoms with Gasteiger partial charge in [-0.3, -0.25) is 0 Å². The molecule has 1 fully saturated rings. The van der Waals surface area contributed by atoms with Crippen molar-refractivity contribution in [1.82, 2.24) is 15.5 Å². The van der Waals surface area contributed by atoms with E-state index in [-0.39, 0.29) is 0 Å². The average molecular weight is 312 g/mol. The van der Waals surface area contributed by atoms with Gasteiger partial charge < -0.3 is 9.84 Å². The minimum atomic E-state index is 0.546. The van der Waals surface area contributed by atoms with Crippen molar-refractivity contribution in [2.24, 2.45) is 5.92 Å². The van der Waals surface area contributed by atoms with Crippen molar-refractivity contribution in [1.29, 1.82) is 0 Å². The van der Waals surface area contributed by atoms with Gasteiger partial charge in [-0.2, -0.15) is 4.98 Å². The summed E-state index contributed by atoms with van der Waals surface area (Å²) >= 11 is 11.9. The van der Waals surface area contributed by atoms with E-state index >= 15 is 0 Å². The molecule has 0 bridgehead atoms. The van der Waals surface area contributed by atoms with Crippen LogP contribution in [0.2, 0.25) is 10.0 Å². The second kappa shape index (κ2) is 6.12. The molecule has 6 heteroatoms. The van der Waals surface area contributed by atoms with Crippen molar-refractivity contribution in [3.05, 3.63) is 45.5 Å². The molecule has 20 heavy (non-hydrogen) atoms. The van der Waals surface area contributed by atoms with Crippen molar-refractivity contribution in [2.45, 2.75) is 19.3 Å². The van der Waals surface area contributed by atoms with Crippen LogP contribution in [0.4, 0.5) is 0 Å². The van der Waals surface area contributed by atoms with Gasteiger partial charge in [0.25, 0.3) is 0 Å². The van der Waals surface area contributed by atoms with Gasteiger partial charge in [0.05, 0.1) is 10.0 Å². The maximum Gasteiger partial charge on any atom is 0.226 e. The smallest absolute Gasteiger partial charge is 0.226 e. The van der Waals surface area contributed by atoms with Gasteiger partial charge >= 0.3 is 0 Å². The number of aromatic nitrogens is 2. The van der Waals surface area contributed by atoms with E-state index in [1.807, 2.05) is 12.1 Å². The summed E-state index contributed by atoms with van der Waals surface area (Å²) in [6.07, 6.45) is 2.62. The zero-order valence-corrected chi connectivity index (χ0v) is 12.4. The minimum absolute atomic E-state index is 0.546. The van der Waals surface area contributed by atoms with Crippen molar-refractivity contribution >= 4 is 23.2 Å². The zero-order valence-electron chi connectivity index (χ0n) is 10.9. The van der Waals surface area contributed by atoms with Crippen molar-refractivity contribution in [2.75, 3.05) is 13.1 Å². The summed E-state index contributed by atoms with van der Waals surface area (Å²) in [6.45, 7) is 2.11. The lowest BCUT2D eigenvalue weighted by Gasteiger charge is -2.02. The van der Waals surface area contributed by atoms with Crippen LogP contribution in [0.3, 0.4) is 0 Å². The Hall–Kier alpha value is -1.10. The van der Waals surface area contributed by atoms with Gasteiger partial charge in [0, 0.05) is 12.8 Å². The van der Waals surface area contributed by atoms with Crippen LogP contribution in [-0.2, 0) is 12.8 Å². The van der Waals surface area contributed by atoms with Crippen LogP contribution in [0.25, 0.3) is 0 Å². The van der Waals surface area contributed by atoms with Gasteiger partial charge in [-0.15, -0.1) is 0 Å². The largest absolute Gasteiger partial charge is 0.339 e. The molecule has 0 spiro atoms. The maximum atomic E-state index is 6.00. The van der Waals surface area contributed by atoms with Gasteiger partial charge in [-0.25, -0.2) is 0 Å². The van der Waals surface area contributed by atoms with E-state index in [4.69, 9.17) is 27.7 Å². The SMILES string of the molecule is Clc1ccc(Cc2noc(CC3CCNC3)n2)cc1Cl. The Bertz CT molecular complexity index is 594. The van der Waals surface area contributed by atoms with E-state index in [1.165, 1.54) is 6.42 Å². The highest BCUT2D eigenvalue weighted by molar-refractivity contribution is 6.42. The fourth-order valence-corrected chi connectivity index (χ4v) is 2.73. The van der Waals surface area contributed by atoms with Gasteiger partial charge in [0.1, 0.15) is 0 Å². The number of nitrogens with one attached hydrogen (secondary N) is 1. The molecule has 2 aromatic rings. The van der Waals surface area contributed by atoms with E-state index in [0.717, 1.165) is 25.1 Å². The molecule has 1 atom stereocenters. The standard InChI is InChI=1S/C14H15Cl2N3O/c15-11-2-1-9(5-12(11)16)6-13-18-14(20-19-13)7-10-3-4-17-8-10/h1-2,5,10,17H,3-4,6-8H2. The number of hydrogen-bond donors (Lipinski definition) is 1. The van der Waals surface area contributed by atoms with Crippen LogP contribution in [-0.4, -0.2) is 23.2 Å². The van der Waals surface area contributed by atoms with E-state index in [2.05, 4.69) is 15.5 Å². The van der Waals surface area contributed by atoms with E-state index in [9.17, 15) is 0 Å². The lowest BCUT2D eigenvalue weighted by atomic mass is 10.1. The molecular formula is C14H15Cl2N3O. The average Bonchev–Trinajstić information content (AvgIpc) is 3.07. The Morgan fingerprint density at radius 2 is 2.20 bits per heavy atom. The number of halogens is 2. The molecule has 1 unspecified atom stereocenters. The number of benzene rings is 1. The quantitative estimate of drug-likeness (QED) is 0.942. The molecule has 1 N–H and O–H groups in total. The highest BCUT2D eigenvalue weighted by atomic mass is 35.5. The molecule has 1 aliphatic rings. The monoisotopic (exact) mass is 311 g/mol. The predicted molar refractivity (Wildman–Crippen MR) is 78.2 cm³/mol. The van der Waals surface area contributed by atoms with Crippen molar-refractivity contribution in [3.63, 3.8) is 0 Å². The maximum absolute atomic E-state index is 6.00. The molecule has 0 saturated carbocycles.